The molecule has 0 saturated carbocycles. The van der Waals surface area contributed by atoms with Gasteiger partial charge in [0.15, 0.2) is 9.84 Å². The van der Waals surface area contributed by atoms with Gasteiger partial charge in [0.1, 0.15) is 0 Å². The summed E-state index contributed by atoms with van der Waals surface area (Å²) in [6.07, 6.45) is 3.44. The number of nitrogens with two attached hydrogens (primary N) is 1. The molecule has 0 unspecified atom stereocenters. The van der Waals surface area contributed by atoms with Crippen LogP contribution in [-0.4, -0.2) is 38.0 Å². The second-order valence-corrected chi connectivity index (χ2v) is 6.15. The van der Waals surface area contributed by atoms with Gasteiger partial charge >= 0.3 is 0 Å². The van der Waals surface area contributed by atoms with Gasteiger partial charge in [0.25, 0.3) is 0 Å². The van der Waals surface area contributed by atoms with E-state index in [-0.39, 0.29) is 11.5 Å². The summed E-state index contributed by atoms with van der Waals surface area (Å²) in [6.45, 7) is 1.51. The number of nitrogens with zero attached hydrogens (tertiary/aromatic N) is 2. The van der Waals surface area contributed by atoms with Crippen molar-refractivity contribution in [2.75, 3.05) is 29.5 Å². The predicted molar refractivity (Wildman–Crippen MR) is 63.0 cm³/mol. The van der Waals surface area contributed by atoms with Gasteiger partial charge in [-0.25, -0.2) is 8.42 Å². The molecule has 1 aliphatic heterocycles. The number of sulfone groups is 1. The third-order valence-corrected chi connectivity index (χ3v) is 4.39. The Hall–Kier alpha value is -1.14. The zero-order valence-corrected chi connectivity index (χ0v) is 9.78. The van der Waals surface area contributed by atoms with Crippen LogP contribution in [0.15, 0.2) is 18.5 Å². The van der Waals surface area contributed by atoms with Crippen LogP contribution in [0, 0.1) is 0 Å². The molecule has 0 aliphatic carbocycles. The molecule has 1 aliphatic rings. The summed E-state index contributed by atoms with van der Waals surface area (Å²) < 4.78 is 22.6. The van der Waals surface area contributed by atoms with Crippen molar-refractivity contribution in [3.63, 3.8) is 0 Å². The van der Waals surface area contributed by atoms with E-state index >= 15 is 0 Å². The van der Waals surface area contributed by atoms with E-state index < -0.39 is 9.84 Å². The van der Waals surface area contributed by atoms with Crippen LogP contribution >= 0.6 is 0 Å². The van der Waals surface area contributed by atoms with Gasteiger partial charge in [0, 0.05) is 43.3 Å². The largest absolute Gasteiger partial charge is 0.369 e. The van der Waals surface area contributed by atoms with Gasteiger partial charge in [0.05, 0.1) is 11.5 Å². The van der Waals surface area contributed by atoms with Crippen molar-refractivity contribution >= 4 is 15.5 Å². The molecule has 1 aromatic rings. The summed E-state index contributed by atoms with van der Waals surface area (Å²) in [6, 6.07) is 1.89. The maximum atomic E-state index is 11.3. The average Bonchev–Trinajstić information content (AvgIpc) is 2.29. The molecular weight excluding hydrogens is 226 g/mol. The molecule has 0 radical (unpaired) electrons. The smallest absolute Gasteiger partial charge is 0.153 e. The van der Waals surface area contributed by atoms with Gasteiger partial charge in [-0.3, -0.25) is 4.98 Å². The number of aromatic nitrogens is 1. The molecule has 2 N–H and O–H groups in total. The number of rotatable bonds is 2. The monoisotopic (exact) mass is 241 g/mol. The van der Waals surface area contributed by atoms with Crippen LogP contribution in [0.4, 0.5) is 5.69 Å². The molecule has 5 nitrogen and oxygen atoms in total. The third-order valence-electron chi connectivity index (χ3n) is 2.78. The van der Waals surface area contributed by atoms with E-state index in [0.29, 0.717) is 19.6 Å². The number of hydrogen-bond donors (Lipinski definition) is 1. The second kappa shape index (κ2) is 4.39. The molecule has 0 aromatic carbocycles. The summed E-state index contributed by atoms with van der Waals surface area (Å²) in [5, 5.41) is 0. The number of anilines is 1. The molecule has 88 valence electrons. The van der Waals surface area contributed by atoms with Crippen molar-refractivity contribution in [1.82, 2.24) is 4.98 Å². The van der Waals surface area contributed by atoms with E-state index in [0.717, 1.165) is 11.3 Å². The molecular formula is C10H15N3O2S. The lowest BCUT2D eigenvalue weighted by atomic mass is 10.2. The van der Waals surface area contributed by atoms with E-state index in [4.69, 9.17) is 5.73 Å². The Balaban J connectivity index is 2.20. The molecule has 0 atom stereocenters. The van der Waals surface area contributed by atoms with E-state index in [9.17, 15) is 8.42 Å². The summed E-state index contributed by atoms with van der Waals surface area (Å²) in [7, 11) is -2.83. The molecule has 0 spiro atoms. The molecule has 1 fully saturated rings. The molecule has 16 heavy (non-hydrogen) atoms. The van der Waals surface area contributed by atoms with Crippen LogP contribution in [-0.2, 0) is 16.4 Å². The highest BCUT2D eigenvalue weighted by atomic mass is 32.2. The van der Waals surface area contributed by atoms with Crippen LogP contribution < -0.4 is 10.6 Å². The molecule has 2 heterocycles. The zero-order chi connectivity index (χ0) is 11.6. The molecule has 2 rings (SSSR count). The minimum absolute atomic E-state index is 0.222. The molecule has 6 heteroatoms. The maximum absolute atomic E-state index is 11.3. The Morgan fingerprint density at radius 2 is 2.06 bits per heavy atom. The number of hydrogen-bond acceptors (Lipinski definition) is 5. The minimum atomic E-state index is -2.83. The highest BCUT2D eigenvalue weighted by Gasteiger charge is 2.22. The molecule has 1 saturated heterocycles. The van der Waals surface area contributed by atoms with E-state index in [2.05, 4.69) is 9.88 Å². The Kier molecular flexibility index (Phi) is 3.11. The first kappa shape index (κ1) is 11.3. The lowest BCUT2D eigenvalue weighted by molar-refractivity contribution is 0.586. The van der Waals surface area contributed by atoms with Crippen molar-refractivity contribution in [2.24, 2.45) is 5.73 Å². The van der Waals surface area contributed by atoms with E-state index in [1.54, 1.807) is 12.4 Å². The Morgan fingerprint density at radius 1 is 1.38 bits per heavy atom. The average molecular weight is 241 g/mol. The Labute approximate surface area is 95.2 Å². The Bertz CT molecular complexity index is 459. The zero-order valence-electron chi connectivity index (χ0n) is 8.96. The van der Waals surface area contributed by atoms with Gasteiger partial charge in [-0.15, -0.1) is 0 Å². The normalized spacial score (nSPS) is 19.7. The summed E-state index contributed by atoms with van der Waals surface area (Å²) in [4.78, 5) is 6.08. The van der Waals surface area contributed by atoms with Gasteiger partial charge in [-0.05, 0) is 6.07 Å². The van der Waals surface area contributed by atoms with Gasteiger partial charge in [-0.2, -0.15) is 0 Å². The van der Waals surface area contributed by atoms with Crippen molar-refractivity contribution in [1.29, 1.82) is 0 Å². The molecule has 1 aromatic heterocycles. The van der Waals surface area contributed by atoms with Gasteiger partial charge < -0.3 is 10.6 Å². The third kappa shape index (κ3) is 2.33. The fourth-order valence-electron chi connectivity index (χ4n) is 1.84. The van der Waals surface area contributed by atoms with Crippen molar-refractivity contribution in [2.45, 2.75) is 6.54 Å². The van der Waals surface area contributed by atoms with Crippen LogP contribution in [0.5, 0.6) is 0 Å². The van der Waals surface area contributed by atoms with Crippen molar-refractivity contribution < 1.29 is 8.42 Å². The van der Waals surface area contributed by atoms with E-state index in [1.165, 1.54) is 0 Å². The summed E-state index contributed by atoms with van der Waals surface area (Å²) >= 11 is 0. The summed E-state index contributed by atoms with van der Waals surface area (Å²) in [5.41, 5.74) is 7.59. The second-order valence-electron chi connectivity index (χ2n) is 3.85. The topological polar surface area (TPSA) is 76.3 Å². The first-order valence-electron chi connectivity index (χ1n) is 5.21. The highest BCUT2D eigenvalue weighted by Crippen LogP contribution is 2.20. The van der Waals surface area contributed by atoms with Crippen LogP contribution in [0.3, 0.4) is 0 Å². The molecule has 0 bridgehead atoms. The Morgan fingerprint density at radius 3 is 2.69 bits per heavy atom. The lowest BCUT2D eigenvalue weighted by Crippen LogP contribution is -2.40. The lowest BCUT2D eigenvalue weighted by Gasteiger charge is -2.30. The van der Waals surface area contributed by atoms with E-state index in [1.807, 2.05) is 6.07 Å². The van der Waals surface area contributed by atoms with Crippen LogP contribution in [0.25, 0.3) is 0 Å². The van der Waals surface area contributed by atoms with Crippen molar-refractivity contribution in [3.8, 4) is 0 Å². The first-order valence-corrected chi connectivity index (χ1v) is 7.03. The standard InChI is InChI=1S/C10H15N3O2S/c11-7-9-8-12-2-1-10(9)13-3-5-16(14,15)6-4-13/h1-2,8H,3-7,11H2. The van der Waals surface area contributed by atoms with Crippen molar-refractivity contribution in [3.05, 3.63) is 24.0 Å². The highest BCUT2D eigenvalue weighted by molar-refractivity contribution is 7.91. The van der Waals surface area contributed by atoms with Gasteiger partial charge in [0.2, 0.25) is 0 Å². The number of pyridine rings is 1. The van der Waals surface area contributed by atoms with Gasteiger partial charge in [-0.1, -0.05) is 0 Å². The molecule has 0 amide bonds. The first-order chi connectivity index (χ1) is 7.62. The van der Waals surface area contributed by atoms with Crippen LogP contribution in [0.2, 0.25) is 0 Å². The SMILES string of the molecule is NCc1cnccc1N1CCS(=O)(=O)CC1. The quantitative estimate of drug-likeness (QED) is 0.774. The van der Waals surface area contributed by atoms with Crippen LogP contribution in [0.1, 0.15) is 5.56 Å². The fourth-order valence-corrected chi connectivity index (χ4v) is 3.04. The predicted octanol–water partition coefficient (Wildman–Crippen LogP) is -0.225. The summed E-state index contributed by atoms with van der Waals surface area (Å²) in [5.74, 6) is 0.443. The fraction of sp³-hybridized carbons (Fsp3) is 0.500. The maximum Gasteiger partial charge on any atom is 0.153 e. The minimum Gasteiger partial charge on any atom is -0.369 e.